The summed E-state index contributed by atoms with van der Waals surface area (Å²) in [5, 5.41) is 8.82. The van der Waals surface area contributed by atoms with E-state index >= 15 is 0 Å². The van der Waals surface area contributed by atoms with Gasteiger partial charge in [0.15, 0.2) is 0 Å². The zero-order chi connectivity index (χ0) is 10.9. The van der Waals surface area contributed by atoms with Crippen molar-refractivity contribution in [3.8, 4) is 0 Å². The van der Waals surface area contributed by atoms with Gasteiger partial charge in [-0.2, -0.15) is 0 Å². The lowest BCUT2D eigenvalue weighted by molar-refractivity contribution is 0.0695. The Labute approximate surface area is 87.0 Å². The second-order valence-corrected chi connectivity index (χ2v) is 3.65. The molecule has 0 fully saturated rings. The summed E-state index contributed by atoms with van der Waals surface area (Å²) in [6.07, 6.45) is 0. The summed E-state index contributed by atoms with van der Waals surface area (Å²) in [6.45, 7) is 5.46. The van der Waals surface area contributed by atoms with Gasteiger partial charge in [0.2, 0.25) is 0 Å². The lowest BCUT2D eigenvalue weighted by Crippen LogP contribution is -2.08. The van der Waals surface area contributed by atoms with Gasteiger partial charge in [0.25, 0.3) is 0 Å². The van der Waals surface area contributed by atoms with Crippen LogP contribution in [0.4, 0.5) is 0 Å². The topological polar surface area (TPSA) is 63.1 Å². The monoisotopic (exact) mass is 214 g/mol. The smallest absolute Gasteiger partial charge is 0.340 e. The lowest BCUT2D eigenvalue weighted by Gasteiger charge is -2.07. The first-order chi connectivity index (χ1) is 6.43. The van der Waals surface area contributed by atoms with E-state index in [-0.39, 0.29) is 16.6 Å². The molecule has 0 atom stereocenters. The van der Waals surface area contributed by atoms with E-state index in [1.807, 2.05) is 13.8 Å². The van der Waals surface area contributed by atoms with Crippen LogP contribution in [0.25, 0.3) is 0 Å². The van der Waals surface area contributed by atoms with Crippen LogP contribution in [0.5, 0.6) is 0 Å². The Morgan fingerprint density at radius 1 is 1.43 bits per heavy atom. The summed E-state index contributed by atoms with van der Waals surface area (Å²) >= 11 is 5.74. The second kappa shape index (κ2) is 3.92. The number of halogens is 1. The highest BCUT2D eigenvalue weighted by atomic mass is 35.5. The van der Waals surface area contributed by atoms with Crippen LogP contribution in [0.15, 0.2) is 0 Å². The van der Waals surface area contributed by atoms with Crippen molar-refractivity contribution in [3.63, 3.8) is 0 Å². The molecule has 1 heterocycles. The molecule has 1 rings (SSSR count). The van der Waals surface area contributed by atoms with Crippen LogP contribution in [-0.4, -0.2) is 21.0 Å². The van der Waals surface area contributed by atoms with Gasteiger partial charge in [0, 0.05) is 5.92 Å². The number of carboxylic acid groups (broad SMARTS) is 1. The van der Waals surface area contributed by atoms with E-state index in [1.54, 1.807) is 6.92 Å². The molecule has 0 radical (unpaired) electrons. The summed E-state index contributed by atoms with van der Waals surface area (Å²) in [6, 6.07) is 0. The first kappa shape index (κ1) is 10.9. The predicted octanol–water partition coefficient (Wildman–Crippen LogP) is 2.26. The maximum absolute atomic E-state index is 10.8. The fraction of sp³-hybridized carbons (Fsp3) is 0.444. The summed E-state index contributed by atoms with van der Waals surface area (Å²) in [5.41, 5.74) is 0.386. The molecule has 0 aliphatic heterocycles. The number of hydrogen-bond donors (Lipinski definition) is 1. The van der Waals surface area contributed by atoms with Crippen molar-refractivity contribution in [2.24, 2.45) is 0 Å². The quantitative estimate of drug-likeness (QED) is 0.767. The molecule has 0 bridgehead atoms. The van der Waals surface area contributed by atoms with E-state index in [1.165, 1.54) is 0 Å². The standard InChI is InChI=1S/C9H11ClN2O2/c1-4(2)8-11-5(3)6(9(13)14)7(10)12-8/h4H,1-3H3,(H,13,14). The SMILES string of the molecule is Cc1nc(C(C)C)nc(Cl)c1C(=O)O. The number of carboxylic acids is 1. The molecule has 0 amide bonds. The summed E-state index contributed by atoms with van der Waals surface area (Å²) in [5.74, 6) is -0.394. The fourth-order valence-electron chi connectivity index (χ4n) is 1.06. The number of aryl methyl sites for hydroxylation is 1. The van der Waals surface area contributed by atoms with Crippen LogP contribution < -0.4 is 0 Å². The zero-order valence-electron chi connectivity index (χ0n) is 8.21. The van der Waals surface area contributed by atoms with Crippen molar-refractivity contribution in [1.82, 2.24) is 9.97 Å². The van der Waals surface area contributed by atoms with Crippen molar-refractivity contribution in [3.05, 3.63) is 22.2 Å². The average Bonchev–Trinajstić information content (AvgIpc) is 2.01. The minimum Gasteiger partial charge on any atom is -0.478 e. The molecule has 0 unspecified atom stereocenters. The van der Waals surface area contributed by atoms with Gasteiger partial charge < -0.3 is 5.11 Å². The van der Waals surface area contributed by atoms with Crippen molar-refractivity contribution in [2.45, 2.75) is 26.7 Å². The molecule has 14 heavy (non-hydrogen) atoms. The molecule has 4 nitrogen and oxygen atoms in total. The van der Waals surface area contributed by atoms with Gasteiger partial charge in [-0.3, -0.25) is 0 Å². The molecule has 0 aliphatic carbocycles. The van der Waals surface area contributed by atoms with E-state index in [4.69, 9.17) is 16.7 Å². The van der Waals surface area contributed by atoms with Crippen LogP contribution in [0.1, 0.15) is 41.6 Å². The van der Waals surface area contributed by atoms with Crippen molar-refractivity contribution < 1.29 is 9.90 Å². The Balaban J connectivity index is 3.32. The van der Waals surface area contributed by atoms with Crippen LogP contribution in [0.3, 0.4) is 0 Å². The number of nitrogens with zero attached hydrogens (tertiary/aromatic N) is 2. The van der Waals surface area contributed by atoms with E-state index in [2.05, 4.69) is 9.97 Å². The molecular weight excluding hydrogens is 204 g/mol. The van der Waals surface area contributed by atoms with Crippen molar-refractivity contribution >= 4 is 17.6 Å². The normalized spacial score (nSPS) is 10.6. The highest BCUT2D eigenvalue weighted by Gasteiger charge is 2.17. The first-order valence-corrected chi connectivity index (χ1v) is 4.58. The van der Waals surface area contributed by atoms with Crippen molar-refractivity contribution in [2.75, 3.05) is 0 Å². The third-order valence-corrected chi connectivity index (χ3v) is 2.07. The van der Waals surface area contributed by atoms with Crippen LogP contribution >= 0.6 is 11.6 Å². The zero-order valence-corrected chi connectivity index (χ0v) is 8.96. The summed E-state index contributed by atoms with van der Waals surface area (Å²) in [4.78, 5) is 18.8. The molecular formula is C9H11ClN2O2. The van der Waals surface area contributed by atoms with Gasteiger partial charge in [-0.1, -0.05) is 25.4 Å². The number of rotatable bonds is 2. The number of carbonyl (C=O) groups is 1. The molecule has 76 valence electrons. The minimum absolute atomic E-state index is 0.00806. The number of aromatic nitrogens is 2. The first-order valence-electron chi connectivity index (χ1n) is 4.20. The lowest BCUT2D eigenvalue weighted by atomic mass is 10.2. The van der Waals surface area contributed by atoms with E-state index in [0.29, 0.717) is 11.5 Å². The molecule has 0 saturated heterocycles. The highest BCUT2D eigenvalue weighted by Crippen LogP contribution is 2.19. The Bertz CT molecular complexity index is 354. The molecule has 0 spiro atoms. The minimum atomic E-state index is -1.09. The van der Waals surface area contributed by atoms with Gasteiger partial charge >= 0.3 is 5.97 Å². The van der Waals surface area contributed by atoms with Crippen LogP contribution in [0.2, 0.25) is 5.15 Å². The molecule has 0 aliphatic rings. The average molecular weight is 215 g/mol. The largest absolute Gasteiger partial charge is 0.478 e. The van der Waals surface area contributed by atoms with E-state index in [0.717, 1.165) is 0 Å². The maximum Gasteiger partial charge on any atom is 0.340 e. The van der Waals surface area contributed by atoms with Crippen LogP contribution in [-0.2, 0) is 0 Å². The molecule has 1 aromatic rings. The Kier molecular flexibility index (Phi) is 3.06. The molecule has 0 aromatic carbocycles. The second-order valence-electron chi connectivity index (χ2n) is 3.29. The highest BCUT2D eigenvalue weighted by molar-refractivity contribution is 6.32. The van der Waals surface area contributed by atoms with E-state index < -0.39 is 5.97 Å². The van der Waals surface area contributed by atoms with Gasteiger partial charge in [-0.15, -0.1) is 0 Å². The third kappa shape index (κ3) is 2.01. The fourth-order valence-corrected chi connectivity index (χ4v) is 1.36. The van der Waals surface area contributed by atoms with E-state index in [9.17, 15) is 4.79 Å². The summed E-state index contributed by atoms with van der Waals surface area (Å²) in [7, 11) is 0. The Morgan fingerprint density at radius 2 is 2.00 bits per heavy atom. The molecule has 0 saturated carbocycles. The summed E-state index contributed by atoms with van der Waals surface area (Å²) < 4.78 is 0. The molecule has 1 N–H and O–H groups in total. The van der Waals surface area contributed by atoms with Gasteiger partial charge in [-0.05, 0) is 6.92 Å². The predicted molar refractivity (Wildman–Crippen MR) is 52.8 cm³/mol. The Hall–Kier alpha value is -1.16. The molecule has 5 heteroatoms. The molecule has 1 aromatic heterocycles. The Morgan fingerprint density at radius 3 is 2.36 bits per heavy atom. The number of aromatic carboxylic acids is 1. The maximum atomic E-state index is 10.8. The third-order valence-electron chi connectivity index (χ3n) is 1.79. The van der Waals surface area contributed by atoms with Gasteiger partial charge in [0.1, 0.15) is 16.5 Å². The van der Waals surface area contributed by atoms with Gasteiger partial charge in [-0.25, -0.2) is 14.8 Å². The van der Waals surface area contributed by atoms with Crippen LogP contribution in [0, 0.1) is 6.92 Å². The number of hydrogen-bond acceptors (Lipinski definition) is 3. The van der Waals surface area contributed by atoms with Gasteiger partial charge in [0.05, 0.1) is 5.69 Å². The van der Waals surface area contributed by atoms with Crippen molar-refractivity contribution in [1.29, 1.82) is 0 Å².